The van der Waals surface area contributed by atoms with Crippen molar-refractivity contribution in [1.29, 1.82) is 0 Å². The third-order valence-corrected chi connectivity index (χ3v) is 3.60. The molecular formula is C10H21Cl2O4P. The number of hydrogen-bond acceptors (Lipinski definition) is 4. The zero-order chi connectivity index (χ0) is 13.4. The Morgan fingerprint density at radius 2 is 1.65 bits per heavy atom. The van der Waals surface area contributed by atoms with E-state index in [4.69, 9.17) is 27.0 Å². The largest absolute Gasteiger partial charge is 0.380 e. The van der Waals surface area contributed by atoms with Gasteiger partial charge < -0.3 is 14.7 Å². The van der Waals surface area contributed by atoms with Gasteiger partial charge in [0, 0.05) is 6.42 Å². The molecule has 0 aromatic rings. The van der Waals surface area contributed by atoms with Crippen molar-refractivity contribution in [2.24, 2.45) is 0 Å². The van der Waals surface area contributed by atoms with Crippen LogP contribution in [0.15, 0.2) is 0 Å². The van der Waals surface area contributed by atoms with Crippen LogP contribution in [0.25, 0.3) is 0 Å². The second-order valence-electron chi connectivity index (χ2n) is 4.10. The van der Waals surface area contributed by atoms with Gasteiger partial charge in [0.05, 0.1) is 6.61 Å². The van der Waals surface area contributed by atoms with E-state index in [2.05, 4.69) is 0 Å². The standard InChI is InChI=1S/C10H21Cl2O4P/c1-2-10(13,14)8-6-4-3-5-7-9-16-17(11,12)15/h13-14H,2-9H2,1H3. The van der Waals surface area contributed by atoms with Crippen LogP contribution in [0.5, 0.6) is 0 Å². The van der Waals surface area contributed by atoms with Gasteiger partial charge in [-0.2, -0.15) is 0 Å². The van der Waals surface area contributed by atoms with E-state index in [1.807, 2.05) is 0 Å². The van der Waals surface area contributed by atoms with E-state index in [1.54, 1.807) is 6.92 Å². The van der Waals surface area contributed by atoms with Crippen molar-refractivity contribution in [3.05, 3.63) is 0 Å². The first kappa shape index (κ1) is 17.7. The molecule has 0 bridgehead atoms. The van der Waals surface area contributed by atoms with Gasteiger partial charge in [0.1, 0.15) is 0 Å². The molecule has 0 aromatic carbocycles. The molecule has 7 heteroatoms. The molecule has 2 N–H and O–H groups in total. The second kappa shape index (κ2) is 8.73. The van der Waals surface area contributed by atoms with Crippen LogP contribution in [0.2, 0.25) is 0 Å². The number of unbranched alkanes of at least 4 members (excludes halogenated alkanes) is 4. The van der Waals surface area contributed by atoms with Crippen molar-refractivity contribution in [1.82, 2.24) is 0 Å². The van der Waals surface area contributed by atoms with Gasteiger partial charge in [0.25, 0.3) is 0 Å². The first-order valence-electron chi connectivity index (χ1n) is 5.85. The summed E-state index contributed by atoms with van der Waals surface area (Å²) >= 11 is 10.4. The normalized spacial score (nSPS) is 13.0. The topological polar surface area (TPSA) is 66.8 Å². The van der Waals surface area contributed by atoms with Crippen LogP contribution >= 0.6 is 28.6 Å². The van der Waals surface area contributed by atoms with Crippen LogP contribution in [0.3, 0.4) is 0 Å². The molecular weight excluding hydrogens is 286 g/mol. The zero-order valence-electron chi connectivity index (χ0n) is 10.1. The number of hydrogen-bond donors (Lipinski definition) is 2. The summed E-state index contributed by atoms with van der Waals surface area (Å²) in [5.74, 6) is -1.52. The van der Waals surface area contributed by atoms with Crippen molar-refractivity contribution >= 4 is 28.6 Å². The highest BCUT2D eigenvalue weighted by atomic mass is 35.9. The Balaban J connectivity index is 3.28. The van der Waals surface area contributed by atoms with Crippen LogP contribution in [-0.2, 0) is 9.09 Å². The predicted molar refractivity (Wildman–Crippen MR) is 70.4 cm³/mol. The lowest BCUT2D eigenvalue weighted by Gasteiger charge is -2.19. The van der Waals surface area contributed by atoms with Gasteiger partial charge in [-0.1, -0.05) is 26.2 Å². The summed E-state index contributed by atoms with van der Waals surface area (Å²) in [7, 11) is 0. The highest BCUT2D eigenvalue weighted by Crippen LogP contribution is 2.57. The molecule has 0 amide bonds. The monoisotopic (exact) mass is 306 g/mol. The van der Waals surface area contributed by atoms with E-state index < -0.39 is 11.9 Å². The maximum absolute atomic E-state index is 10.7. The molecule has 0 saturated heterocycles. The highest BCUT2D eigenvalue weighted by molar-refractivity contribution is 8.05. The van der Waals surface area contributed by atoms with Gasteiger partial charge in [-0.15, -0.1) is 0 Å². The first-order valence-corrected chi connectivity index (χ1v) is 9.29. The molecule has 0 radical (unpaired) electrons. The summed E-state index contributed by atoms with van der Waals surface area (Å²) in [6.45, 7) is 2.04. The lowest BCUT2D eigenvalue weighted by molar-refractivity contribution is -0.167. The van der Waals surface area contributed by atoms with Crippen LogP contribution < -0.4 is 0 Å². The van der Waals surface area contributed by atoms with E-state index in [0.717, 1.165) is 32.1 Å². The van der Waals surface area contributed by atoms with E-state index in [9.17, 15) is 14.8 Å². The Morgan fingerprint density at radius 1 is 1.12 bits per heavy atom. The van der Waals surface area contributed by atoms with E-state index >= 15 is 0 Å². The first-order chi connectivity index (χ1) is 7.77. The van der Waals surface area contributed by atoms with Gasteiger partial charge in [-0.25, -0.2) is 0 Å². The van der Waals surface area contributed by atoms with Crippen molar-refractivity contribution in [3.63, 3.8) is 0 Å². The fourth-order valence-corrected chi connectivity index (χ4v) is 2.14. The van der Waals surface area contributed by atoms with E-state index in [-0.39, 0.29) is 0 Å². The van der Waals surface area contributed by atoms with Crippen molar-refractivity contribution in [3.8, 4) is 0 Å². The Morgan fingerprint density at radius 3 is 2.18 bits per heavy atom. The molecule has 17 heavy (non-hydrogen) atoms. The maximum atomic E-state index is 10.7. The lowest BCUT2D eigenvalue weighted by atomic mass is 10.0. The van der Waals surface area contributed by atoms with Crippen LogP contribution in [-0.4, -0.2) is 22.6 Å². The summed E-state index contributed by atoms with van der Waals surface area (Å²) < 4.78 is 15.5. The molecule has 0 heterocycles. The lowest BCUT2D eigenvalue weighted by Crippen LogP contribution is -2.26. The Bertz CT molecular complexity index is 242. The Kier molecular flexibility index (Phi) is 9.09. The molecule has 0 atom stereocenters. The number of halogens is 2. The molecule has 0 unspecified atom stereocenters. The minimum atomic E-state index is -3.38. The minimum Gasteiger partial charge on any atom is -0.366 e. The predicted octanol–water partition coefficient (Wildman–Crippen LogP) is 4.02. The quantitative estimate of drug-likeness (QED) is 0.363. The summed E-state index contributed by atoms with van der Waals surface area (Å²) in [6.07, 6.45) is 1.73. The van der Waals surface area contributed by atoms with Gasteiger partial charge >= 0.3 is 6.07 Å². The number of rotatable bonds is 10. The van der Waals surface area contributed by atoms with Crippen molar-refractivity contribution < 1.29 is 19.3 Å². The second-order valence-corrected chi connectivity index (χ2v) is 8.38. The minimum absolute atomic E-state index is 0.295. The van der Waals surface area contributed by atoms with Crippen molar-refractivity contribution in [2.75, 3.05) is 6.61 Å². The van der Waals surface area contributed by atoms with Gasteiger partial charge in [-0.3, -0.25) is 4.57 Å². The van der Waals surface area contributed by atoms with Gasteiger partial charge in [-0.05, 0) is 41.7 Å². The van der Waals surface area contributed by atoms with Gasteiger partial charge in [0.2, 0.25) is 0 Å². The van der Waals surface area contributed by atoms with Crippen LogP contribution in [0.1, 0.15) is 51.9 Å². The molecule has 0 aliphatic rings. The molecule has 104 valence electrons. The third kappa shape index (κ3) is 12.9. The molecule has 0 aromatic heterocycles. The fourth-order valence-electron chi connectivity index (χ4n) is 1.39. The summed E-state index contributed by atoms with van der Waals surface area (Å²) in [4.78, 5) is 0. The summed E-state index contributed by atoms with van der Waals surface area (Å²) in [5, 5.41) is 18.7. The SMILES string of the molecule is CCC(O)(O)CCCCCCCOP(=O)(Cl)Cl. The smallest absolute Gasteiger partial charge is 0.366 e. The molecule has 0 aliphatic heterocycles. The molecule has 0 rings (SSSR count). The molecule has 0 saturated carbocycles. The summed E-state index contributed by atoms with van der Waals surface area (Å²) in [5.41, 5.74) is 0. The maximum Gasteiger partial charge on any atom is 0.380 e. The van der Waals surface area contributed by atoms with E-state index in [1.165, 1.54) is 0 Å². The molecule has 0 aliphatic carbocycles. The average Bonchev–Trinajstić information content (AvgIpc) is 2.20. The van der Waals surface area contributed by atoms with Crippen LogP contribution in [0, 0.1) is 0 Å². The van der Waals surface area contributed by atoms with Crippen LogP contribution in [0.4, 0.5) is 0 Å². The average molecular weight is 307 g/mol. The Labute approximate surface area is 112 Å². The summed E-state index contributed by atoms with van der Waals surface area (Å²) in [6, 6.07) is 0. The third-order valence-electron chi connectivity index (χ3n) is 2.53. The molecule has 4 nitrogen and oxygen atoms in total. The fraction of sp³-hybridized carbons (Fsp3) is 1.00. The highest BCUT2D eigenvalue weighted by Gasteiger charge is 2.18. The van der Waals surface area contributed by atoms with Crippen molar-refractivity contribution in [2.45, 2.75) is 57.7 Å². The van der Waals surface area contributed by atoms with E-state index in [0.29, 0.717) is 19.4 Å². The zero-order valence-corrected chi connectivity index (χ0v) is 12.5. The van der Waals surface area contributed by atoms with Gasteiger partial charge in [0.15, 0.2) is 5.79 Å². The Hall–Kier alpha value is 0.690. The molecule has 0 spiro atoms. The number of aliphatic hydroxyl groups is 2. The molecule has 0 fully saturated rings.